The molecule has 2 aromatic rings. The van der Waals surface area contributed by atoms with Crippen molar-refractivity contribution in [3.05, 3.63) is 53.1 Å². The number of benzene rings is 2. The molecule has 31 heavy (non-hydrogen) atoms. The van der Waals surface area contributed by atoms with Crippen molar-refractivity contribution in [1.82, 2.24) is 9.21 Å². The summed E-state index contributed by atoms with van der Waals surface area (Å²) < 4.78 is 33.1. The van der Waals surface area contributed by atoms with Crippen molar-refractivity contribution in [2.75, 3.05) is 31.5 Å². The highest BCUT2D eigenvalue weighted by atomic mass is 32.2. The predicted octanol–water partition coefficient (Wildman–Crippen LogP) is 2.17. The van der Waals surface area contributed by atoms with E-state index in [1.165, 1.54) is 16.4 Å². The second-order valence-corrected chi connectivity index (χ2v) is 9.86. The first-order valence-corrected chi connectivity index (χ1v) is 11.6. The number of fused-ring (bicyclic) bond motifs is 1. The minimum atomic E-state index is -3.77. The van der Waals surface area contributed by atoms with Crippen molar-refractivity contribution in [1.29, 1.82) is 0 Å². The van der Waals surface area contributed by atoms with Gasteiger partial charge < -0.3 is 15.0 Å². The molecule has 2 aliphatic rings. The third kappa shape index (κ3) is 4.03. The van der Waals surface area contributed by atoms with Crippen LogP contribution >= 0.6 is 0 Å². The first kappa shape index (κ1) is 21.3. The molecule has 4 rings (SSSR count). The SMILES string of the molecule is Cc1ccc(C(=O)N2CCN(S(=O)(=O)c3ccc4c(c3)NC(=O)[C@@H](C)O4)CC2)c(C)c1. The number of piperazine rings is 1. The minimum absolute atomic E-state index is 0.0823. The van der Waals surface area contributed by atoms with Gasteiger partial charge in [0.15, 0.2) is 6.10 Å². The van der Waals surface area contributed by atoms with Crippen molar-refractivity contribution < 1.29 is 22.7 Å². The van der Waals surface area contributed by atoms with E-state index in [4.69, 9.17) is 4.74 Å². The van der Waals surface area contributed by atoms with Crippen molar-refractivity contribution in [2.45, 2.75) is 31.8 Å². The number of rotatable bonds is 3. The maximum Gasteiger partial charge on any atom is 0.265 e. The normalized spacial score (nSPS) is 19.4. The van der Waals surface area contributed by atoms with E-state index in [9.17, 15) is 18.0 Å². The number of carbonyl (C=O) groups excluding carboxylic acids is 2. The topological polar surface area (TPSA) is 96.0 Å². The summed E-state index contributed by atoms with van der Waals surface area (Å²) in [6, 6.07) is 10.1. The molecule has 0 spiro atoms. The average Bonchev–Trinajstić information content (AvgIpc) is 2.74. The molecule has 2 amide bonds. The van der Waals surface area contributed by atoms with Crippen LogP contribution in [0.3, 0.4) is 0 Å². The predicted molar refractivity (Wildman–Crippen MR) is 116 cm³/mol. The Morgan fingerprint density at radius 2 is 1.77 bits per heavy atom. The van der Waals surface area contributed by atoms with Crippen LogP contribution in [-0.4, -0.2) is 61.7 Å². The van der Waals surface area contributed by atoms with Crippen LogP contribution < -0.4 is 10.1 Å². The van der Waals surface area contributed by atoms with E-state index in [0.717, 1.165) is 11.1 Å². The molecule has 2 aliphatic heterocycles. The largest absolute Gasteiger partial charge is 0.479 e. The van der Waals surface area contributed by atoms with Crippen molar-refractivity contribution >= 4 is 27.5 Å². The van der Waals surface area contributed by atoms with Gasteiger partial charge in [-0.1, -0.05) is 17.7 Å². The Bertz CT molecular complexity index is 1150. The second kappa shape index (κ2) is 7.97. The highest BCUT2D eigenvalue weighted by Crippen LogP contribution is 2.33. The molecule has 0 aromatic heterocycles. The molecule has 0 bridgehead atoms. The quantitative estimate of drug-likeness (QED) is 0.784. The van der Waals surface area contributed by atoms with E-state index in [0.29, 0.717) is 30.1 Å². The van der Waals surface area contributed by atoms with E-state index in [1.807, 2.05) is 32.0 Å². The van der Waals surface area contributed by atoms with Crippen LogP contribution in [0.5, 0.6) is 5.75 Å². The van der Waals surface area contributed by atoms with Crippen molar-refractivity contribution in [3.63, 3.8) is 0 Å². The lowest BCUT2D eigenvalue weighted by Crippen LogP contribution is -2.50. The molecule has 2 heterocycles. The maximum absolute atomic E-state index is 13.1. The Kier molecular flexibility index (Phi) is 5.49. The highest BCUT2D eigenvalue weighted by Gasteiger charge is 2.32. The molecule has 0 aliphatic carbocycles. The summed E-state index contributed by atoms with van der Waals surface area (Å²) in [4.78, 5) is 26.5. The molecule has 1 atom stereocenters. The number of hydrogen-bond acceptors (Lipinski definition) is 5. The first-order chi connectivity index (χ1) is 14.7. The lowest BCUT2D eigenvalue weighted by atomic mass is 10.0. The van der Waals surface area contributed by atoms with Gasteiger partial charge >= 0.3 is 0 Å². The zero-order chi connectivity index (χ0) is 22.3. The smallest absolute Gasteiger partial charge is 0.265 e. The molecule has 1 fully saturated rings. The highest BCUT2D eigenvalue weighted by molar-refractivity contribution is 7.89. The first-order valence-electron chi connectivity index (χ1n) is 10.1. The summed E-state index contributed by atoms with van der Waals surface area (Å²) in [5, 5.41) is 2.67. The van der Waals surface area contributed by atoms with Crippen LogP contribution in [-0.2, 0) is 14.8 Å². The third-order valence-corrected chi connectivity index (χ3v) is 7.55. The van der Waals surface area contributed by atoms with Crippen LogP contribution in [0.2, 0.25) is 0 Å². The van der Waals surface area contributed by atoms with Crippen LogP contribution in [0.15, 0.2) is 41.3 Å². The van der Waals surface area contributed by atoms with Gasteiger partial charge in [-0.3, -0.25) is 9.59 Å². The molecule has 0 saturated carbocycles. The Labute approximate surface area is 181 Å². The number of anilines is 1. The zero-order valence-corrected chi connectivity index (χ0v) is 18.5. The fraction of sp³-hybridized carbons (Fsp3) is 0.364. The van der Waals surface area contributed by atoms with Gasteiger partial charge in [0, 0.05) is 31.7 Å². The number of carbonyl (C=O) groups is 2. The standard InChI is InChI=1S/C22H25N3O5S/c1-14-4-6-18(15(2)12-14)22(27)24-8-10-25(11-9-24)31(28,29)17-5-7-20-19(13-17)23-21(26)16(3)30-20/h4-7,12-13,16H,8-11H2,1-3H3,(H,23,26)/t16-/m1/s1. The molecular formula is C22H25N3O5S. The molecule has 1 saturated heterocycles. The third-order valence-electron chi connectivity index (χ3n) is 5.66. The van der Waals surface area contributed by atoms with Gasteiger partial charge in [0.05, 0.1) is 10.6 Å². The van der Waals surface area contributed by atoms with Gasteiger partial charge in [-0.25, -0.2) is 8.42 Å². The van der Waals surface area contributed by atoms with Crippen LogP contribution in [0.4, 0.5) is 5.69 Å². The van der Waals surface area contributed by atoms with Crippen LogP contribution in [0, 0.1) is 13.8 Å². The molecule has 0 radical (unpaired) electrons. The maximum atomic E-state index is 13.1. The van der Waals surface area contributed by atoms with Gasteiger partial charge in [0.25, 0.3) is 11.8 Å². The number of sulfonamides is 1. The van der Waals surface area contributed by atoms with Gasteiger partial charge in [-0.2, -0.15) is 4.31 Å². The van der Waals surface area contributed by atoms with E-state index in [2.05, 4.69) is 5.32 Å². The fourth-order valence-electron chi connectivity index (χ4n) is 3.85. The summed E-state index contributed by atoms with van der Waals surface area (Å²) in [6.07, 6.45) is -0.627. The number of amides is 2. The zero-order valence-electron chi connectivity index (χ0n) is 17.7. The van der Waals surface area contributed by atoms with Gasteiger partial charge in [-0.15, -0.1) is 0 Å². The summed E-state index contributed by atoms with van der Waals surface area (Å²) in [6.45, 7) is 6.54. The Morgan fingerprint density at radius 3 is 2.45 bits per heavy atom. The van der Waals surface area contributed by atoms with Gasteiger partial charge in [0.2, 0.25) is 10.0 Å². The fourth-order valence-corrected chi connectivity index (χ4v) is 5.30. The Morgan fingerprint density at radius 1 is 1.06 bits per heavy atom. The second-order valence-electron chi connectivity index (χ2n) is 7.92. The number of nitrogens with one attached hydrogen (secondary N) is 1. The Balaban J connectivity index is 1.48. The molecule has 2 aromatic carbocycles. The number of hydrogen-bond donors (Lipinski definition) is 1. The summed E-state index contributed by atoms with van der Waals surface area (Å²) >= 11 is 0. The monoisotopic (exact) mass is 443 g/mol. The Hall–Kier alpha value is -2.91. The summed E-state index contributed by atoms with van der Waals surface area (Å²) in [5.74, 6) is 0.0350. The number of aryl methyl sites for hydroxylation is 2. The van der Waals surface area contributed by atoms with Crippen molar-refractivity contribution in [2.24, 2.45) is 0 Å². The minimum Gasteiger partial charge on any atom is -0.479 e. The van der Waals surface area contributed by atoms with Gasteiger partial charge in [0.1, 0.15) is 5.75 Å². The number of ether oxygens (including phenoxy) is 1. The van der Waals surface area contributed by atoms with Crippen LogP contribution in [0.25, 0.3) is 0 Å². The molecule has 8 nitrogen and oxygen atoms in total. The molecule has 164 valence electrons. The molecule has 9 heteroatoms. The summed E-state index contributed by atoms with van der Waals surface area (Å²) in [7, 11) is -3.77. The van der Waals surface area contributed by atoms with Crippen molar-refractivity contribution in [3.8, 4) is 5.75 Å². The van der Waals surface area contributed by atoms with E-state index in [1.54, 1.807) is 17.9 Å². The molecular weight excluding hydrogens is 418 g/mol. The lowest BCUT2D eigenvalue weighted by molar-refractivity contribution is -0.122. The van der Waals surface area contributed by atoms with E-state index >= 15 is 0 Å². The number of nitrogens with zero attached hydrogens (tertiary/aromatic N) is 2. The van der Waals surface area contributed by atoms with Gasteiger partial charge in [-0.05, 0) is 50.6 Å². The lowest BCUT2D eigenvalue weighted by Gasteiger charge is -2.34. The van der Waals surface area contributed by atoms with Crippen LogP contribution in [0.1, 0.15) is 28.4 Å². The molecule has 1 N–H and O–H groups in total. The van der Waals surface area contributed by atoms with E-state index < -0.39 is 16.1 Å². The van der Waals surface area contributed by atoms with E-state index in [-0.39, 0.29) is 29.8 Å². The average molecular weight is 444 g/mol. The summed E-state index contributed by atoms with van der Waals surface area (Å²) in [5.41, 5.74) is 2.98. The molecule has 0 unspecified atom stereocenters.